The lowest BCUT2D eigenvalue weighted by molar-refractivity contribution is 0.00998. The molecule has 0 unspecified atom stereocenters. The second kappa shape index (κ2) is 13.7. The van der Waals surface area contributed by atoms with Gasteiger partial charge in [0.25, 0.3) is 5.91 Å². The Morgan fingerprint density at radius 3 is 2.58 bits per heavy atom. The molecule has 1 amide bonds. The van der Waals surface area contributed by atoms with E-state index in [2.05, 4.69) is 20.1 Å². The highest BCUT2D eigenvalue weighted by molar-refractivity contribution is 6.33. The van der Waals surface area contributed by atoms with E-state index >= 15 is 0 Å². The number of nitrogens with one attached hydrogen (secondary N) is 1. The molecule has 10 heteroatoms. The Bertz CT molecular complexity index is 1270. The summed E-state index contributed by atoms with van der Waals surface area (Å²) in [6.45, 7) is 6.88. The maximum atomic E-state index is 12.2. The lowest BCUT2D eigenvalue weighted by atomic mass is 9.94. The largest absolute Gasteiger partial charge is 0.491 e. The number of halogens is 2. The van der Waals surface area contributed by atoms with Crippen molar-refractivity contribution in [1.29, 1.82) is 0 Å². The van der Waals surface area contributed by atoms with Gasteiger partial charge in [0.2, 0.25) is 0 Å². The van der Waals surface area contributed by atoms with Crippen molar-refractivity contribution in [2.45, 2.75) is 31.9 Å². The third kappa shape index (κ3) is 7.44. The number of aliphatic hydroxyl groups excluding tert-OH is 1. The first-order chi connectivity index (χ1) is 19.2. The van der Waals surface area contributed by atoms with Crippen LogP contribution in [0.1, 0.15) is 47.9 Å². The summed E-state index contributed by atoms with van der Waals surface area (Å²) in [5.41, 5.74) is 1.75. The van der Waals surface area contributed by atoms with E-state index in [9.17, 15) is 9.90 Å². The quantitative estimate of drug-likeness (QED) is 0.300. The van der Waals surface area contributed by atoms with Gasteiger partial charge in [-0.05, 0) is 49.2 Å². The number of anilines is 1. The highest BCUT2D eigenvalue weighted by Crippen LogP contribution is 2.38. The molecule has 0 spiro atoms. The zero-order valence-electron chi connectivity index (χ0n) is 22.8. The van der Waals surface area contributed by atoms with Gasteiger partial charge in [-0.2, -0.15) is 0 Å². The topological polar surface area (TPSA) is 98.2 Å². The zero-order chi connectivity index (χ0) is 28.7. The minimum absolute atomic E-state index is 0.0497. The number of aliphatic hydroxyl groups is 2. The van der Waals surface area contributed by atoms with Gasteiger partial charge in [-0.3, -0.25) is 14.7 Å². The molecule has 0 bridgehead atoms. The number of ether oxygens (including phenoxy) is 1. The van der Waals surface area contributed by atoms with Crippen molar-refractivity contribution in [2.24, 2.45) is 0 Å². The van der Waals surface area contributed by atoms with Crippen molar-refractivity contribution < 1.29 is 19.7 Å². The van der Waals surface area contributed by atoms with E-state index in [4.69, 9.17) is 33.0 Å². The van der Waals surface area contributed by atoms with Gasteiger partial charge >= 0.3 is 0 Å². The minimum atomic E-state index is -1.18. The normalized spacial score (nSPS) is 17.4. The molecule has 8 nitrogen and oxygen atoms in total. The highest BCUT2D eigenvalue weighted by atomic mass is 35.5. The molecule has 1 aliphatic heterocycles. The van der Waals surface area contributed by atoms with Gasteiger partial charge in [0.05, 0.1) is 23.4 Å². The lowest BCUT2D eigenvalue weighted by Gasteiger charge is -2.45. The van der Waals surface area contributed by atoms with Gasteiger partial charge in [0.1, 0.15) is 23.7 Å². The van der Waals surface area contributed by atoms with Crippen molar-refractivity contribution in [2.75, 3.05) is 50.8 Å². The highest BCUT2D eigenvalue weighted by Gasteiger charge is 2.34. The van der Waals surface area contributed by atoms with Gasteiger partial charge in [0, 0.05) is 55.6 Å². The maximum absolute atomic E-state index is 12.2. The first-order valence-electron chi connectivity index (χ1n) is 13.5. The predicted molar refractivity (Wildman–Crippen MR) is 158 cm³/mol. The number of piperazine rings is 1. The molecule has 1 fully saturated rings. The van der Waals surface area contributed by atoms with E-state index in [0.717, 1.165) is 17.7 Å². The molecule has 0 aliphatic carbocycles. The van der Waals surface area contributed by atoms with Crippen molar-refractivity contribution in [3.05, 3.63) is 87.7 Å². The number of benzene rings is 2. The van der Waals surface area contributed by atoms with Crippen molar-refractivity contribution in [3.8, 4) is 5.75 Å². The fourth-order valence-electron chi connectivity index (χ4n) is 4.92. The van der Waals surface area contributed by atoms with Gasteiger partial charge in [-0.15, -0.1) is 0 Å². The van der Waals surface area contributed by atoms with Crippen molar-refractivity contribution in [1.82, 2.24) is 15.2 Å². The molecule has 2 aromatic carbocycles. The summed E-state index contributed by atoms with van der Waals surface area (Å²) in [4.78, 5) is 21.0. The number of rotatable bonds is 11. The summed E-state index contributed by atoms with van der Waals surface area (Å²) < 4.78 is 5.52. The molecule has 3 aromatic rings. The van der Waals surface area contributed by atoms with Gasteiger partial charge < -0.3 is 25.2 Å². The van der Waals surface area contributed by atoms with E-state index in [1.807, 2.05) is 43.3 Å². The molecule has 40 heavy (non-hydrogen) atoms. The smallest absolute Gasteiger partial charge is 0.269 e. The number of carbonyl (C=O) groups is 1. The van der Waals surface area contributed by atoms with Crippen LogP contribution in [0.2, 0.25) is 10.0 Å². The van der Waals surface area contributed by atoms with Crippen LogP contribution in [-0.2, 0) is 5.60 Å². The Balaban J connectivity index is 1.53. The number of aromatic nitrogens is 1. The second-order valence-electron chi connectivity index (χ2n) is 10.1. The monoisotopic (exact) mass is 586 g/mol. The molecule has 2 heterocycles. The molecule has 1 aromatic heterocycles. The summed E-state index contributed by atoms with van der Waals surface area (Å²) in [6.07, 6.45) is 2.42. The second-order valence-corrected chi connectivity index (χ2v) is 11.0. The Labute approximate surface area is 245 Å². The summed E-state index contributed by atoms with van der Waals surface area (Å²) in [6, 6.07) is 16.7. The van der Waals surface area contributed by atoms with Gasteiger partial charge in [0.15, 0.2) is 0 Å². The number of carbonyl (C=O) groups excluding carboxylic acids is 1. The molecular formula is C30H36Cl2N4O4. The molecule has 1 aliphatic rings. The maximum Gasteiger partial charge on any atom is 0.269 e. The molecule has 3 N–H and O–H groups in total. The molecule has 2 atom stereocenters. The lowest BCUT2D eigenvalue weighted by Crippen LogP contribution is -2.52. The minimum Gasteiger partial charge on any atom is -0.491 e. The van der Waals surface area contributed by atoms with Crippen molar-refractivity contribution in [3.63, 3.8) is 0 Å². The number of amides is 1. The average Bonchev–Trinajstić information content (AvgIpc) is 2.95. The first kappa shape index (κ1) is 30.1. The predicted octanol–water partition coefficient (Wildman–Crippen LogP) is 4.67. The van der Waals surface area contributed by atoms with Crippen LogP contribution in [0, 0.1) is 0 Å². The Morgan fingerprint density at radius 1 is 1.15 bits per heavy atom. The molecule has 0 saturated carbocycles. The van der Waals surface area contributed by atoms with E-state index in [0.29, 0.717) is 59.8 Å². The first-order valence-corrected chi connectivity index (χ1v) is 14.2. The van der Waals surface area contributed by atoms with Crippen LogP contribution >= 0.6 is 23.2 Å². The third-order valence-corrected chi connectivity index (χ3v) is 7.55. The molecule has 4 rings (SSSR count). The van der Waals surface area contributed by atoms with E-state index in [-0.39, 0.29) is 25.2 Å². The Hall–Kier alpha value is -2.88. The molecular weight excluding hydrogens is 551 g/mol. The van der Waals surface area contributed by atoms with E-state index in [1.165, 1.54) is 0 Å². The molecule has 214 valence electrons. The van der Waals surface area contributed by atoms with Crippen LogP contribution in [0.4, 0.5) is 5.69 Å². The van der Waals surface area contributed by atoms with Crippen LogP contribution in [-0.4, -0.2) is 71.9 Å². The fourth-order valence-corrected chi connectivity index (χ4v) is 5.32. The standard InChI is InChI=1S/C30H36Cl2N4O4/c1-3-12-33-29(38)26-10-6-22(18-34-26)30(2,39)20-35-13-14-36(28(19-35)21-4-7-23(31)8-5-21)27-11-9-24(17-25(27)32)40-16-15-37/h4-11,17-18,28,37,39H,3,12-16,19-20H2,1-2H3,(H,33,38)/t28-,30+/m0/s1. The molecule has 0 radical (unpaired) electrons. The number of hydrogen-bond donors (Lipinski definition) is 3. The number of hydrogen-bond acceptors (Lipinski definition) is 7. The van der Waals surface area contributed by atoms with Crippen LogP contribution in [0.5, 0.6) is 5.75 Å². The van der Waals surface area contributed by atoms with Gasteiger partial charge in [-0.1, -0.05) is 48.3 Å². The van der Waals surface area contributed by atoms with Crippen LogP contribution in [0.15, 0.2) is 60.8 Å². The number of β-amino-alcohol motifs (C(OH)–C–C–N with tert-alkyl or cyclic N) is 1. The molecule has 1 saturated heterocycles. The number of nitrogens with zero attached hydrogens (tertiary/aromatic N) is 3. The average molecular weight is 588 g/mol. The van der Waals surface area contributed by atoms with Crippen LogP contribution < -0.4 is 15.0 Å². The number of pyridine rings is 1. The third-order valence-electron chi connectivity index (χ3n) is 6.99. The van der Waals surface area contributed by atoms with E-state index in [1.54, 1.807) is 31.3 Å². The van der Waals surface area contributed by atoms with Crippen LogP contribution in [0.25, 0.3) is 0 Å². The fraction of sp³-hybridized carbons (Fsp3) is 0.400. The summed E-state index contributed by atoms with van der Waals surface area (Å²) in [5, 5.41) is 24.6. The summed E-state index contributed by atoms with van der Waals surface area (Å²) in [5.74, 6) is 0.379. The van der Waals surface area contributed by atoms with Crippen molar-refractivity contribution >= 4 is 34.8 Å². The Kier molecular flexibility index (Phi) is 10.3. The zero-order valence-corrected chi connectivity index (χ0v) is 24.3. The summed E-state index contributed by atoms with van der Waals surface area (Å²) >= 11 is 12.9. The van der Waals surface area contributed by atoms with Crippen LogP contribution in [0.3, 0.4) is 0 Å². The SMILES string of the molecule is CCCNC(=O)c1ccc([C@](C)(O)CN2CCN(c3ccc(OCCO)cc3Cl)[C@H](c3ccc(Cl)cc3)C2)cn1. The Morgan fingerprint density at radius 2 is 1.93 bits per heavy atom. The van der Waals surface area contributed by atoms with Gasteiger partial charge in [-0.25, -0.2) is 0 Å². The van der Waals surface area contributed by atoms with E-state index < -0.39 is 5.60 Å². The summed E-state index contributed by atoms with van der Waals surface area (Å²) in [7, 11) is 0.